The first-order valence-corrected chi connectivity index (χ1v) is 8.58. The monoisotopic (exact) mass is 377 g/mol. The number of carboxylic acid groups (broad SMARTS) is 1. The average molecular weight is 377 g/mol. The Balaban J connectivity index is 0.000000646. The largest absolute Gasteiger partial charge is 0.497 e. The molecule has 148 valence electrons. The lowest BCUT2D eigenvalue weighted by Crippen LogP contribution is -2.27. The minimum atomic E-state index is -1.19. The van der Waals surface area contributed by atoms with Crippen LogP contribution < -0.4 is 15.9 Å². The number of aliphatic hydroxyl groups is 1. The maximum absolute atomic E-state index is 9.12. The van der Waals surface area contributed by atoms with Gasteiger partial charge in [-0.05, 0) is 24.6 Å². The van der Waals surface area contributed by atoms with Gasteiger partial charge in [0.1, 0.15) is 12.4 Å². The van der Waals surface area contributed by atoms with E-state index in [9.17, 15) is 0 Å². The summed E-state index contributed by atoms with van der Waals surface area (Å²) in [7, 11) is 1.65. The number of guanidine groups is 1. The molecule has 0 radical (unpaired) electrons. The third-order valence-electron chi connectivity index (χ3n) is 3.48. The first-order valence-electron chi connectivity index (χ1n) is 8.58. The van der Waals surface area contributed by atoms with E-state index in [4.69, 9.17) is 25.5 Å². The molecule has 0 saturated heterocycles. The van der Waals surface area contributed by atoms with Crippen LogP contribution in [-0.2, 0) is 4.79 Å². The summed E-state index contributed by atoms with van der Waals surface area (Å²) in [5, 5.41) is 20.2. The molecule has 0 fully saturated rings. The van der Waals surface area contributed by atoms with Crippen LogP contribution in [0.3, 0.4) is 0 Å². The van der Waals surface area contributed by atoms with E-state index in [2.05, 4.69) is 27.4 Å². The maximum atomic E-state index is 9.12. The lowest BCUT2D eigenvalue weighted by molar-refractivity contribution is -0.140. The molecule has 0 saturated carbocycles. The molecule has 0 aliphatic heterocycles. The normalized spacial score (nSPS) is 11.3. The van der Waals surface area contributed by atoms with Crippen LogP contribution in [0.25, 0.3) is 10.9 Å². The fraction of sp³-hybridized carbons (Fsp3) is 0.389. The Morgan fingerprint density at radius 1 is 1.41 bits per heavy atom. The molecule has 9 heteroatoms. The van der Waals surface area contributed by atoms with Gasteiger partial charge in [-0.3, -0.25) is 4.99 Å². The minimum Gasteiger partial charge on any atom is -0.497 e. The van der Waals surface area contributed by atoms with E-state index >= 15 is 0 Å². The molecule has 0 spiro atoms. The predicted octanol–water partition coefficient (Wildman–Crippen LogP) is 1.67. The SMILES string of the molecule is CCCCCN=C(N)N/N=C\c1c[nH]c2ccc(OC)cc12.O=C(O)CO. The summed E-state index contributed by atoms with van der Waals surface area (Å²) in [6.45, 7) is 2.11. The van der Waals surface area contributed by atoms with Crippen LogP contribution in [-0.4, -0.2) is 53.6 Å². The van der Waals surface area contributed by atoms with E-state index in [1.165, 1.54) is 6.42 Å². The second-order valence-electron chi connectivity index (χ2n) is 5.55. The molecule has 0 bridgehead atoms. The van der Waals surface area contributed by atoms with Gasteiger partial charge in [-0.25, -0.2) is 10.2 Å². The number of carboxylic acids is 1. The minimum absolute atomic E-state index is 0.338. The highest BCUT2D eigenvalue weighted by atomic mass is 16.5. The van der Waals surface area contributed by atoms with Gasteiger partial charge in [-0.15, -0.1) is 0 Å². The number of hydrogen-bond acceptors (Lipinski definition) is 5. The molecular formula is C18H27N5O4. The number of fused-ring (bicyclic) bond motifs is 1. The van der Waals surface area contributed by atoms with Crippen molar-refractivity contribution in [3.63, 3.8) is 0 Å². The van der Waals surface area contributed by atoms with Gasteiger partial charge in [-0.1, -0.05) is 19.8 Å². The van der Waals surface area contributed by atoms with Gasteiger partial charge < -0.3 is 25.7 Å². The van der Waals surface area contributed by atoms with Gasteiger partial charge in [0.25, 0.3) is 0 Å². The zero-order valence-electron chi connectivity index (χ0n) is 15.6. The summed E-state index contributed by atoms with van der Waals surface area (Å²) in [5.41, 5.74) is 10.5. The number of H-pyrrole nitrogens is 1. The van der Waals surface area contributed by atoms with Crippen molar-refractivity contribution in [2.75, 3.05) is 20.3 Å². The van der Waals surface area contributed by atoms with Crippen LogP contribution >= 0.6 is 0 Å². The van der Waals surface area contributed by atoms with Gasteiger partial charge >= 0.3 is 5.97 Å². The lowest BCUT2D eigenvalue weighted by Gasteiger charge is -2.00. The number of methoxy groups -OCH3 is 1. The van der Waals surface area contributed by atoms with Crippen molar-refractivity contribution >= 4 is 29.0 Å². The van der Waals surface area contributed by atoms with Crippen LogP contribution in [0.1, 0.15) is 31.7 Å². The number of unbranched alkanes of at least 4 members (excludes halogenated alkanes) is 2. The van der Waals surface area contributed by atoms with Gasteiger partial charge in [0.2, 0.25) is 5.96 Å². The number of aliphatic hydroxyl groups excluding tert-OH is 1. The number of aliphatic carboxylic acids is 1. The average Bonchev–Trinajstić information content (AvgIpc) is 3.08. The van der Waals surface area contributed by atoms with E-state index in [0.717, 1.165) is 41.6 Å². The second kappa shape index (κ2) is 12.3. The Hall–Kier alpha value is -3.07. The molecule has 0 unspecified atom stereocenters. The van der Waals surface area contributed by atoms with E-state index in [1.54, 1.807) is 13.3 Å². The number of carbonyl (C=O) groups is 1. The molecule has 0 aliphatic rings. The van der Waals surface area contributed by atoms with Gasteiger partial charge in [-0.2, -0.15) is 5.10 Å². The van der Waals surface area contributed by atoms with Gasteiger partial charge in [0, 0.05) is 29.2 Å². The van der Waals surface area contributed by atoms with Crippen molar-refractivity contribution in [3.05, 3.63) is 30.0 Å². The molecule has 2 aromatic rings. The molecule has 0 aliphatic carbocycles. The number of nitrogens with two attached hydrogens (primary N) is 1. The maximum Gasteiger partial charge on any atom is 0.329 e. The Morgan fingerprint density at radius 3 is 2.78 bits per heavy atom. The summed E-state index contributed by atoms with van der Waals surface area (Å²) >= 11 is 0. The molecule has 1 heterocycles. The highest BCUT2D eigenvalue weighted by Gasteiger charge is 2.03. The van der Waals surface area contributed by atoms with Crippen molar-refractivity contribution in [1.29, 1.82) is 0 Å². The first-order chi connectivity index (χ1) is 13.0. The number of nitrogens with one attached hydrogen (secondary N) is 2. The Kier molecular flexibility index (Phi) is 10.0. The fourth-order valence-corrected chi connectivity index (χ4v) is 2.12. The number of aromatic nitrogens is 1. The van der Waals surface area contributed by atoms with Crippen molar-refractivity contribution in [2.45, 2.75) is 26.2 Å². The number of hydrogen-bond donors (Lipinski definition) is 5. The van der Waals surface area contributed by atoms with E-state index in [0.29, 0.717) is 5.96 Å². The van der Waals surface area contributed by atoms with Crippen molar-refractivity contribution < 1.29 is 19.7 Å². The summed E-state index contributed by atoms with van der Waals surface area (Å²) in [5.74, 6) is -0.0403. The van der Waals surface area contributed by atoms with Gasteiger partial charge in [0.05, 0.1) is 13.3 Å². The highest BCUT2D eigenvalue weighted by molar-refractivity contribution is 5.99. The lowest BCUT2D eigenvalue weighted by atomic mass is 10.2. The molecule has 27 heavy (non-hydrogen) atoms. The summed E-state index contributed by atoms with van der Waals surface area (Å²) in [4.78, 5) is 16.5. The number of benzene rings is 1. The molecule has 1 aromatic heterocycles. The van der Waals surface area contributed by atoms with Crippen LogP contribution in [0.2, 0.25) is 0 Å². The Morgan fingerprint density at radius 2 is 2.15 bits per heavy atom. The van der Waals surface area contributed by atoms with E-state index in [-0.39, 0.29) is 0 Å². The standard InChI is InChI=1S/C16H23N5O.C2H4O3/c1-3-4-5-8-18-16(17)21-20-11-12-10-19-15-7-6-13(22-2)9-14(12)15;3-1-2(4)5/h6-7,9-11,19H,3-5,8H2,1-2H3,(H3,17,18,21);3H,1H2,(H,4,5)/b20-11-;. The molecule has 9 nitrogen and oxygen atoms in total. The molecule has 0 atom stereocenters. The summed E-state index contributed by atoms with van der Waals surface area (Å²) < 4.78 is 5.24. The zero-order chi connectivity index (χ0) is 20.1. The second-order valence-corrected chi connectivity index (χ2v) is 5.55. The number of aromatic amines is 1. The third-order valence-corrected chi connectivity index (χ3v) is 3.48. The number of aliphatic imine (C=N–C) groups is 1. The Bertz CT molecular complexity index is 770. The number of ether oxygens (including phenoxy) is 1. The highest BCUT2D eigenvalue weighted by Crippen LogP contribution is 2.22. The quantitative estimate of drug-likeness (QED) is 0.205. The number of nitrogens with zero attached hydrogens (tertiary/aromatic N) is 2. The Labute approximate surface area is 157 Å². The van der Waals surface area contributed by atoms with Crippen molar-refractivity contribution in [1.82, 2.24) is 10.4 Å². The number of hydrazone groups is 1. The van der Waals surface area contributed by atoms with Gasteiger partial charge in [0.15, 0.2) is 0 Å². The van der Waals surface area contributed by atoms with Crippen LogP contribution in [0.4, 0.5) is 0 Å². The van der Waals surface area contributed by atoms with Crippen LogP contribution in [0.15, 0.2) is 34.5 Å². The van der Waals surface area contributed by atoms with E-state index < -0.39 is 12.6 Å². The third kappa shape index (κ3) is 8.23. The summed E-state index contributed by atoms with van der Waals surface area (Å²) in [6.07, 6.45) is 6.99. The van der Waals surface area contributed by atoms with Crippen molar-refractivity contribution in [2.24, 2.45) is 15.8 Å². The molecule has 6 N–H and O–H groups in total. The zero-order valence-corrected chi connectivity index (χ0v) is 15.6. The molecule has 0 amide bonds. The summed E-state index contributed by atoms with van der Waals surface area (Å²) in [6, 6.07) is 5.86. The molecule has 1 aromatic carbocycles. The molecule has 2 rings (SSSR count). The van der Waals surface area contributed by atoms with Crippen LogP contribution in [0, 0.1) is 0 Å². The van der Waals surface area contributed by atoms with Crippen molar-refractivity contribution in [3.8, 4) is 5.75 Å². The van der Waals surface area contributed by atoms with Crippen LogP contribution in [0.5, 0.6) is 5.75 Å². The fourth-order valence-electron chi connectivity index (χ4n) is 2.12. The topological polar surface area (TPSA) is 145 Å². The predicted molar refractivity (Wildman–Crippen MR) is 106 cm³/mol. The number of rotatable bonds is 8. The smallest absolute Gasteiger partial charge is 0.329 e. The van der Waals surface area contributed by atoms with E-state index in [1.807, 2.05) is 24.4 Å². The molecular weight excluding hydrogens is 350 g/mol. The first kappa shape index (κ1) is 22.0.